The fourth-order valence-electron chi connectivity index (χ4n) is 5.22. The number of hydrogen-bond acceptors (Lipinski definition) is 2. The Labute approximate surface area is 116 Å². The topological polar surface area (TPSA) is 46.3 Å². The van der Waals surface area contributed by atoms with Gasteiger partial charge in [-0.05, 0) is 61.7 Å². The molecule has 3 heteroatoms. The zero-order valence-electron chi connectivity index (χ0n) is 12.3. The molecule has 0 saturated heterocycles. The van der Waals surface area contributed by atoms with E-state index in [-0.39, 0.29) is 11.8 Å². The van der Waals surface area contributed by atoms with Crippen molar-refractivity contribution in [3.8, 4) is 0 Å². The number of hydrogen-bond donors (Lipinski definition) is 1. The fourth-order valence-corrected chi connectivity index (χ4v) is 5.22. The summed E-state index contributed by atoms with van der Waals surface area (Å²) in [6.45, 7) is 3.37. The maximum Gasteiger partial charge on any atom is 0.226 e. The van der Waals surface area contributed by atoms with Crippen molar-refractivity contribution in [3.63, 3.8) is 0 Å². The van der Waals surface area contributed by atoms with Crippen LogP contribution in [0.3, 0.4) is 0 Å². The van der Waals surface area contributed by atoms with Crippen LogP contribution in [-0.4, -0.2) is 30.9 Å². The maximum atomic E-state index is 12.2. The van der Waals surface area contributed by atoms with Gasteiger partial charge in [0.15, 0.2) is 0 Å². The van der Waals surface area contributed by atoms with E-state index in [1.54, 1.807) is 0 Å². The van der Waals surface area contributed by atoms with Crippen molar-refractivity contribution in [2.45, 2.75) is 39.0 Å². The number of carbonyl (C=O) groups excluding carboxylic acids is 1. The van der Waals surface area contributed by atoms with E-state index in [4.69, 9.17) is 5.73 Å². The molecule has 4 bridgehead atoms. The van der Waals surface area contributed by atoms with Crippen LogP contribution in [-0.2, 0) is 4.79 Å². The van der Waals surface area contributed by atoms with E-state index in [1.165, 1.54) is 32.1 Å². The lowest BCUT2D eigenvalue weighted by atomic mass is 9.52. The Balaban J connectivity index is 1.62. The van der Waals surface area contributed by atoms with Gasteiger partial charge in [-0.1, -0.05) is 6.92 Å². The minimum Gasteiger partial charge on any atom is -0.345 e. The Morgan fingerprint density at radius 2 is 1.68 bits per heavy atom. The molecule has 4 aliphatic rings. The first-order valence-electron chi connectivity index (χ1n) is 8.03. The smallest absolute Gasteiger partial charge is 0.226 e. The summed E-state index contributed by atoms with van der Waals surface area (Å²) in [6, 6.07) is 0. The van der Waals surface area contributed by atoms with Crippen molar-refractivity contribution >= 4 is 5.91 Å². The van der Waals surface area contributed by atoms with Crippen LogP contribution in [0.2, 0.25) is 0 Å². The van der Waals surface area contributed by atoms with Crippen LogP contribution in [0.1, 0.15) is 39.0 Å². The molecular formula is C16H28N2O. The minimum atomic E-state index is -0.0261. The lowest BCUT2D eigenvalue weighted by Crippen LogP contribution is -2.50. The van der Waals surface area contributed by atoms with Crippen LogP contribution in [0, 0.1) is 35.5 Å². The highest BCUT2D eigenvalue weighted by Gasteiger charge is 2.48. The van der Waals surface area contributed by atoms with Crippen LogP contribution < -0.4 is 5.73 Å². The molecule has 4 fully saturated rings. The van der Waals surface area contributed by atoms with E-state index in [1.807, 2.05) is 18.9 Å². The number of nitrogens with two attached hydrogens (primary N) is 1. The van der Waals surface area contributed by atoms with Gasteiger partial charge >= 0.3 is 0 Å². The summed E-state index contributed by atoms with van der Waals surface area (Å²) in [5, 5.41) is 0. The monoisotopic (exact) mass is 264 g/mol. The highest BCUT2D eigenvalue weighted by Crippen LogP contribution is 2.56. The van der Waals surface area contributed by atoms with Crippen molar-refractivity contribution < 1.29 is 4.79 Å². The summed E-state index contributed by atoms with van der Waals surface area (Å²) in [4.78, 5) is 14.1. The zero-order chi connectivity index (χ0) is 13.6. The quantitative estimate of drug-likeness (QED) is 0.845. The molecule has 0 aliphatic heterocycles. The summed E-state index contributed by atoms with van der Waals surface area (Å²) < 4.78 is 0. The second-order valence-corrected chi connectivity index (χ2v) is 7.45. The Kier molecular flexibility index (Phi) is 3.59. The van der Waals surface area contributed by atoms with Crippen LogP contribution in [0.15, 0.2) is 0 Å². The zero-order valence-corrected chi connectivity index (χ0v) is 12.3. The molecule has 0 aromatic rings. The highest BCUT2D eigenvalue weighted by atomic mass is 16.2. The van der Waals surface area contributed by atoms with Gasteiger partial charge in [-0.15, -0.1) is 0 Å². The molecule has 2 N–H and O–H groups in total. The van der Waals surface area contributed by atoms with E-state index in [9.17, 15) is 4.79 Å². The van der Waals surface area contributed by atoms with Gasteiger partial charge in [-0.2, -0.15) is 0 Å². The Hall–Kier alpha value is -0.570. The number of rotatable bonds is 4. The van der Waals surface area contributed by atoms with E-state index in [0.717, 1.165) is 36.1 Å². The molecule has 4 aliphatic carbocycles. The van der Waals surface area contributed by atoms with Gasteiger partial charge in [0.05, 0.1) is 0 Å². The minimum absolute atomic E-state index is 0.0261. The van der Waals surface area contributed by atoms with Crippen LogP contribution in [0.25, 0.3) is 0 Å². The molecule has 108 valence electrons. The molecule has 0 aromatic carbocycles. The fraction of sp³-hybridized carbons (Fsp3) is 0.938. The van der Waals surface area contributed by atoms with Crippen molar-refractivity contribution in [2.75, 3.05) is 20.1 Å². The molecule has 19 heavy (non-hydrogen) atoms. The molecule has 0 radical (unpaired) electrons. The number of carbonyl (C=O) groups is 1. The average Bonchev–Trinajstić information content (AvgIpc) is 2.40. The first kappa shape index (κ1) is 13.4. The summed E-state index contributed by atoms with van der Waals surface area (Å²) in [7, 11) is 1.97. The van der Waals surface area contributed by atoms with Gasteiger partial charge < -0.3 is 10.6 Å². The van der Waals surface area contributed by atoms with Crippen LogP contribution in [0.5, 0.6) is 0 Å². The second-order valence-electron chi connectivity index (χ2n) is 7.45. The first-order chi connectivity index (χ1) is 9.08. The predicted molar refractivity (Wildman–Crippen MR) is 76.4 cm³/mol. The third-order valence-electron chi connectivity index (χ3n) is 6.06. The molecule has 0 spiro atoms. The highest BCUT2D eigenvalue weighted by molar-refractivity contribution is 5.78. The third-order valence-corrected chi connectivity index (χ3v) is 6.06. The SMILES string of the molecule is CC(CN)C(=O)N(C)CC1C2CC3CC(C2)CC1C3. The standard InChI is InChI=1S/C16H28N2O/c1-10(8-17)16(19)18(2)9-15-13-4-11-3-12(6-13)7-14(15)5-11/h10-15H,3-9,17H2,1-2H3. The molecule has 3 nitrogen and oxygen atoms in total. The van der Waals surface area contributed by atoms with Gasteiger partial charge in [-0.25, -0.2) is 0 Å². The van der Waals surface area contributed by atoms with E-state index in [2.05, 4.69) is 0 Å². The van der Waals surface area contributed by atoms with E-state index in [0.29, 0.717) is 6.54 Å². The maximum absolute atomic E-state index is 12.2. The largest absolute Gasteiger partial charge is 0.345 e. The molecule has 0 aromatic heterocycles. The van der Waals surface area contributed by atoms with Crippen molar-refractivity contribution in [1.82, 2.24) is 4.90 Å². The average molecular weight is 264 g/mol. The number of nitrogens with zero attached hydrogens (tertiary/aromatic N) is 1. The van der Waals surface area contributed by atoms with Crippen LogP contribution in [0.4, 0.5) is 0 Å². The lowest BCUT2D eigenvalue weighted by molar-refractivity contribution is -0.136. The van der Waals surface area contributed by atoms with E-state index < -0.39 is 0 Å². The Bertz CT molecular complexity index is 327. The van der Waals surface area contributed by atoms with Crippen molar-refractivity contribution in [3.05, 3.63) is 0 Å². The normalized spacial score (nSPS) is 41.3. The summed E-state index contributed by atoms with van der Waals surface area (Å²) in [6.07, 6.45) is 7.25. The molecule has 4 rings (SSSR count). The molecule has 1 atom stereocenters. The second kappa shape index (κ2) is 5.08. The number of amides is 1. The third kappa shape index (κ3) is 2.42. The molecule has 4 saturated carbocycles. The molecular weight excluding hydrogens is 236 g/mol. The summed E-state index contributed by atoms with van der Waals surface area (Å²) >= 11 is 0. The van der Waals surface area contributed by atoms with E-state index >= 15 is 0 Å². The Morgan fingerprint density at radius 1 is 1.16 bits per heavy atom. The van der Waals surface area contributed by atoms with Gasteiger partial charge in [0.25, 0.3) is 0 Å². The van der Waals surface area contributed by atoms with Gasteiger partial charge in [0.1, 0.15) is 0 Å². The lowest BCUT2D eigenvalue weighted by Gasteiger charge is -2.55. The van der Waals surface area contributed by atoms with Gasteiger partial charge in [-0.3, -0.25) is 4.79 Å². The molecule has 0 heterocycles. The van der Waals surface area contributed by atoms with Gasteiger partial charge in [0, 0.05) is 26.1 Å². The summed E-state index contributed by atoms with van der Waals surface area (Å²) in [5.74, 6) is 4.81. The predicted octanol–water partition coefficient (Wildman–Crippen LogP) is 2.11. The van der Waals surface area contributed by atoms with Crippen molar-refractivity contribution in [1.29, 1.82) is 0 Å². The van der Waals surface area contributed by atoms with Crippen LogP contribution >= 0.6 is 0 Å². The van der Waals surface area contributed by atoms with Crippen molar-refractivity contribution in [2.24, 2.45) is 41.2 Å². The van der Waals surface area contributed by atoms with Gasteiger partial charge in [0.2, 0.25) is 5.91 Å². The summed E-state index contributed by atoms with van der Waals surface area (Å²) in [5.41, 5.74) is 5.61. The molecule has 1 unspecified atom stereocenters. The first-order valence-corrected chi connectivity index (χ1v) is 8.03. The molecule has 1 amide bonds. The Morgan fingerprint density at radius 3 is 2.16 bits per heavy atom.